The summed E-state index contributed by atoms with van der Waals surface area (Å²) in [6.45, 7) is 11.2. The van der Waals surface area contributed by atoms with E-state index < -0.39 is 0 Å². The number of piperidine rings is 1. The first-order valence-corrected chi connectivity index (χ1v) is 9.18. The summed E-state index contributed by atoms with van der Waals surface area (Å²) in [5.74, 6) is -0.0892. The largest absolute Gasteiger partial charge is 0.348 e. The zero-order chi connectivity index (χ0) is 17.4. The fourth-order valence-corrected chi connectivity index (χ4v) is 4.84. The van der Waals surface area contributed by atoms with Crippen molar-refractivity contribution in [2.45, 2.75) is 71.9 Å². The third-order valence-corrected chi connectivity index (χ3v) is 5.32. The van der Waals surface area contributed by atoms with Gasteiger partial charge in [-0.15, -0.1) is 5.10 Å². The van der Waals surface area contributed by atoms with E-state index in [4.69, 9.17) is 0 Å². The Labute approximate surface area is 144 Å². The van der Waals surface area contributed by atoms with Crippen LogP contribution in [0.4, 0.5) is 0 Å². The third kappa shape index (κ3) is 4.15. The normalized spacial score (nSPS) is 24.7. The van der Waals surface area contributed by atoms with Crippen molar-refractivity contribution in [1.82, 2.24) is 25.6 Å². The first kappa shape index (κ1) is 17.4. The lowest BCUT2D eigenvalue weighted by atomic mass is 9.63. The lowest BCUT2D eigenvalue weighted by Gasteiger charge is -2.45. The van der Waals surface area contributed by atoms with Crippen molar-refractivity contribution in [3.63, 3.8) is 0 Å². The Balaban J connectivity index is 1.63. The molecule has 1 saturated heterocycles. The van der Waals surface area contributed by atoms with E-state index in [9.17, 15) is 4.79 Å². The highest BCUT2D eigenvalue weighted by atomic mass is 16.2. The molecule has 2 aliphatic rings. The SMILES string of the molecule is CC1(C)CC(NC(=O)c2cn(C3CCNCC3)nn2)CC(C)(C)C1. The van der Waals surface area contributed by atoms with Gasteiger partial charge in [-0.05, 0) is 56.0 Å². The molecular weight excluding hydrogens is 302 g/mol. The zero-order valence-electron chi connectivity index (χ0n) is 15.4. The molecule has 1 aromatic heterocycles. The molecule has 3 rings (SSSR count). The van der Waals surface area contributed by atoms with Crippen molar-refractivity contribution in [3.05, 3.63) is 11.9 Å². The van der Waals surface area contributed by atoms with Crippen molar-refractivity contribution >= 4 is 5.91 Å². The van der Waals surface area contributed by atoms with E-state index in [1.807, 2.05) is 10.9 Å². The van der Waals surface area contributed by atoms with Gasteiger partial charge in [-0.25, -0.2) is 4.68 Å². The fraction of sp³-hybridized carbons (Fsp3) is 0.833. The molecule has 6 heteroatoms. The summed E-state index contributed by atoms with van der Waals surface area (Å²) in [7, 11) is 0. The van der Waals surface area contributed by atoms with Crippen LogP contribution in [0.2, 0.25) is 0 Å². The maximum absolute atomic E-state index is 12.6. The van der Waals surface area contributed by atoms with Crippen molar-refractivity contribution in [1.29, 1.82) is 0 Å². The molecule has 2 heterocycles. The average molecular weight is 333 g/mol. The Kier molecular flexibility index (Phi) is 4.69. The minimum absolute atomic E-state index is 0.0892. The number of carbonyl (C=O) groups is 1. The summed E-state index contributed by atoms with van der Waals surface area (Å²) in [5, 5.41) is 14.8. The number of nitrogens with zero attached hydrogens (tertiary/aromatic N) is 3. The predicted molar refractivity (Wildman–Crippen MR) is 93.8 cm³/mol. The van der Waals surface area contributed by atoms with Gasteiger partial charge in [0, 0.05) is 6.04 Å². The van der Waals surface area contributed by atoms with Crippen LogP contribution in [0.1, 0.15) is 76.3 Å². The van der Waals surface area contributed by atoms with E-state index >= 15 is 0 Å². The third-order valence-electron chi connectivity index (χ3n) is 5.32. The fourth-order valence-electron chi connectivity index (χ4n) is 4.84. The second kappa shape index (κ2) is 6.47. The Morgan fingerprint density at radius 2 is 1.83 bits per heavy atom. The van der Waals surface area contributed by atoms with Crippen molar-refractivity contribution in [3.8, 4) is 0 Å². The smallest absolute Gasteiger partial charge is 0.273 e. The molecule has 0 bridgehead atoms. The maximum Gasteiger partial charge on any atom is 0.273 e. The van der Waals surface area contributed by atoms with E-state index in [2.05, 4.69) is 48.6 Å². The van der Waals surface area contributed by atoms with Crippen molar-refractivity contribution < 1.29 is 4.79 Å². The molecule has 1 aromatic rings. The van der Waals surface area contributed by atoms with E-state index in [1.54, 1.807) is 0 Å². The Morgan fingerprint density at radius 1 is 1.21 bits per heavy atom. The highest BCUT2D eigenvalue weighted by Crippen LogP contribution is 2.45. The van der Waals surface area contributed by atoms with Gasteiger partial charge in [0.25, 0.3) is 5.91 Å². The molecule has 0 atom stereocenters. The summed E-state index contributed by atoms with van der Waals surface area (Å²) in [5.41, 5.74) is 0.952. The number of carbonyl (C=O) groups excluding carboxylic acids is 1. The number of aromatic nitrogens is 3. The second-order valence-electron chi connectivity index (χ2n) is 9.15. The monoisotopic (exact) mass is 333 g/mol. The number of nitrogens with one attached hydrogen (secondary N) is 2. The summed E-state index contributed by atoms with van der Waals surface area (Å²) in [6.07, 6.45) is 7.11. The van der Waals surface area contributed by atoms with Crippen LogP contribution in [-0.2, 0) is 0 Å². The molecule has 2 fully saturated rings. The number of amides is 1. The molecule has 1 aliphatic heterocycles. The Bertz CT molecular complexity index is 570. The number of hydrogen-bond donors (Lipinski definition) is 2. The molecular formula is C18H31N5O. The van der Waals surface area contributed by atoms with Gasteiger partial charge in [-0.1, -0.05) is 32.9 Å². The topological polar surface area (TPSA) is 71.8 Å². The summed E-state index contributed by atoms with van der Waals surface area (Å²) in [4.78, 5) is 12.6. The first-order chi connectivity index (χ1) is 11.2. The predicted octanol–water partition coefficient (Wildman–Crippen LogP) is 2.54. The van der Waals surface area contributed by atoms with Crippen molar-refractivity contribution in [2.75, 3.05) is 13.1 Å². The molecule has 0 unspecified atom stereocenters. The van der Waals surface area contributed by atoms with Gasteiger partial charge in [0.1, 0.15) is 0 Å². The zero-order valence-corrected chi connectivity index (χ0v) is 15.4. The van der Waals surface area contributed by atoms with Gasteiger partial charge in [0.05, 0.1) is 12.2 Å². The van der Waals surface area contributed by atoms with E-state index in [0.717, 1.165) is 38.8 Å². The highest BCUT2D eigenvalue weighted by molar-refractivity contribution is 5.92. The van der Waals surface area contributed by atoms with E-state index in [0.29, 0.717) is 11.7 Å². The molecule has 0 spiro atoms. The van der Waals surface area contributed by atoms with Crippen LogP contribution in [0.25, 0.3) is 0 Å². The summed E-state index contributed by atoms with van der Waals surface area (Å²) < 4.78 is 1.87. The summed E-state index contributed by atoms with van der Waals surface area (Å²) >= 11 is 0. The second-order valence-corrected chi connectivity index (χ2v) is 9.15. The Morgan fingerprint density at radius 3 is 2.46 bits per heavy atom. The first-order valence-electron chi connectivity index (χ1n) is 9.18. The van der Waals surface area contributed by atoms with Crippen LogP contribution in [0.15, 0.2) is 6.20 Å². The lowest BCUT2D eigenvalue weighted by Crippen LogP contribution is -2.46. The number of rotatable bonds is 3. The standard InChI is InChI=1S/C18H31N5O/c1-17(2)9-13(10-18(3,4)12-17)20-16(24)15-11-23(22-21-15)14-5-7-19-8-6-14/h11,13-14,19H,5-10,12H2,1-4H3,(H,20,24). The highest BCUT2D eigenvalue weighted by Gasteiger charge is 2.39. The van der Waals surface area contributed by atoms with Crippen LogP contribution in [-0.4, -0.2) is 40.0 Å². The maximum atomic E-state index is 12.6. The minimum atomic E-state index is -0.0892. The molecule has 6 nitrogen and oxygen atoms in total. The van der Waals surface area contributed by atoms with Crippen LogP contribution >= 0.6 is 0 Å². The summed E-state index contributed by atoms with van der Waals surface area (Å²) in [6, 6.07) is 0.563. The van der Waals surface area contributed by atoms with E-state index in [-0.39, 0.29) is 22.8 Å². The van der Waals surface area contributed by atoms with E-state index in [1.165, 1.54) is 6.42 Å². The van der Waals surface area contributed by atoms with Crippen LogP contribution in [0.5, 0.6) is 0 Å². The molecule has 1 aliphatic carbocycles. The lowest BCUT2D eigenvalue weighted by molar-refractivity contribution is 0.0710. The Hall–Kier alpha value is -1.43. The molecule has 1 amide bonds. The quantitative estimate of drug-likeness (QED) is 0.892. The van der Waals surface area contributed by atoms with Crippen LogP contribution < -0.4 is 10.6 Å². The molecule has 0 aromatic carbocycles. The van der Waals surface area contributed by atoms with Crippen LogP contribution in [0.3, 0.4) is 0 Å². The average Bonchev–Trinajstić information content (AvgIpc) is 2.94. The van der Waals surface area contributed by atoms with Gasteiger partial charge >= 0.3 is 0 Å². The number of hydrogen-bond acceptors (Lipinski definition) is 4. The van der Waals surface area contributed by atoms with Gasteiger partial charge in [-0.2, -0.15) is 0 Å². The van der Waals surface area contributed by atoms with Crippen LogP contribution in [0, 0.1) is 10.8 Å². The van der Waals surface area contributed by atoms with Gasteiger partial charge < -0.3 is 10.6 Å². The molecule has 1 saturated carbocycles. The molecule has 2 N–H and O–H groups in total. The molecule has 24 heavy (non-hydrogen) atoms. The molecule has 0 radical (unpaired) electrons. The van der Waals surface area contributed by atoms with Gasteiger partial charge in [0.15, 0.2) is 5.69 Å². The molecule has 134 valence electrons. The van der Waals surface area contributed by atoms with Gasteiger partial charge in [0.2, 0.25) is 0 Å². The van der Waals surface area contributed by atoms with Gasteiger partial charge in [-0.3, -0.25) is 4.79 Å². The minimum Gasteiger partial charge on any atom is -0.348 e. The van der Waals surface area contributed by atoms with Crippen molar-refractivity contribution in [2.24, 2.45) is 10.8 Å².